The highest BCUT2D eigenvalue weighted by atomic mass is 15.3. The smallest absolute Gasteiger partial charge is 0.225 e. The fourth-order valence-corrected chi connectivity index (χ4v) is 2.32. The van der Waals surface area contributed by atoms with Crippen molar-refractivity contribution in [3.05, 3.63) is 18.0 Å². The molecule has 0 aliphatic carbocycles. The first-order valence-electron chi connectivity index (χ1n) is 6.95. The van der Waals surface area contributed by atoms with Crippen molar-refractivity contribution in [2.24, 2.45) is 5.92 Å². The Hall–Kier alpha value is -1.16. The Kier molecular flexibility index (Phi) is 4.53. The van der Waals surface area contributed by atoms with Crippen LogP contribution in [-0.4, -0.2) is 29.1 Å². The van der Waals surface area contributed by atoms with E-state index < -0.39 is 0 Å². The van der Waals surface area contributed by atoms with E-state index in [0.717, 1.165) is 31.1 Å². The third-order valence-electron chi connectivity index (χ3n) is 3.38. The van der Waals surface area contributed by atoms with Crippen molar-refractivity contribution >= 4 is 5.95 Å². The van der Waals surface area contributed by atoms with Crippen LogP contribution < -0.4 is 10.2 Å². The fourth-order valence-electron chi connectivity index (χ4n) is 2.32. The topological polar surface area (TPSA) is 41.1 Å². The molecular formula is C14H24N4. The second-order valence-corrected chi connectivity index (χ2v) is 5.60. The highest BCUT2D eigenvalue weighted by molar-refractivity contribution is 5.32. The average Bonchev–Trinajstić information content (AvgIpc) is 2.76. The van der Waals surface area contributed by atoms with Crippen LogP contribution in [0.25, 0.3) is 0 Å². The van der Waals surface area contributed by atoms with E-state index in [9.17, 15) is 0 Å². The molecule has 1 aliphatic heterocycles. The van der Waals surface area contributed by atoms with Gasteiger partial charge >= 0.3 is 0 Å². The van der Waals surface area contributed by atoms with Crippen molar-refractivity contribution in [1.29, 1.82) is 0 Å². The summed E-state index contributed by atoms with van der Waals surface area (Å²) in [4.78, 5) is 11.3. The second kappa shape index (κ2) is 6.14. The normalized spacial score (nSPS) is 19.8. The minimum atomic E-state index is 0.579. The van der Waals surface area contributed by atoms with Crippen LogP contribution in [0.15, 0.2) is 12.4 Å². The zero-order valence-electron chi connectivity index (χ0n) is 11.7. The van der Waals surface area contributed by atoms with Gasteiger partial charge < -0.3 is 10.2 Å². The number of rotatable bonds is 5. The zero-order chi connectivity index (χ0) is 13.0. The molecule has 18 heavy (non-hydrogen) atoms. The third-order valence-corrected chi connectivity index (χ3v) is 3.38. The SMILES string of the molecule is CC(C)CNCc1cnc(N2CCCC2C)nc1. The fraction of sp³-hybridized carbons (Fsp3) is 0.714. The summed E-state index contributed by atoms with van der Waals surface area (Å²) in [6, 6.07) is 0.579. The van der Waals surface area contributed by atoms with Crippen molar-refractivity contribution in [3.63, 3.8) is 0 Å². The summed E-state index contributed by atoms with van der Waals surface area (Å²) in [6.07, 6.45) is 6.39. The average molecular weight is 248 g/mol. The van der Waals surface area contributed by atoms with E-state index >= 15 is 0 Å². The van der Waals surface area contributed by atoms with Crippen LogP contribution in [0.5, 0.6) is 0 Å². The van der Waals surface area contributed by atoms with Crippen molar-refractivity contribution in [1.82, 2.24) is 15.3 Å². The van der Waals surface area contributed by atoms with Crippen LogP contribution >= 0.6 is 0 Å². The molecular weight excluding hydrogens is 224 g/mol. The van der Waals surface area contributed by atoms with Crippen LogP contribution in [0.3, 0.4) is 0 Å². The Morgan fingerprint density at radius 3 is 2.67 bits per heavy atom. The lowest BCUT2D eigenvalue weighted by Crippen LogP contribution is -2.28. The van der Waals surface area contributed by atoms with Crippen LogP contribution in [0.2, 0.25) is 0 Å². The quantitative estimate of drug-likeness (QED) is 0.867. The van der Waals surface area contributed by atoms with E-state index in [0.29, 0.717) is 12.0 Å². The number of nitrogens with one attached hydrogen (secondary N) is 1. The summed E-state index contributed by atoms with van der Waals surface area (Å²) in [5.74, 6) is 1.56. The standard InChI is InChI=1S/C14H24N4/c1-11(2)7-15-8-13-9-16-14(17-10-13)18-6-4-5-12(18)3/h9-12,15H,4-8H2,1-3H3. The van der Waals surface area contributed by atoms with Crippen molar-refractivity contribution in [2.75, 3.05) is 18.0 Å². The largest absolute Gasteiger partial charge is 0.338 e. The molecule has 1 atom stereocenters. The van der Waals surface area contributed by atoms with Crippen molar-refractivity contribution < 1.29 is 0 Å². The second-order valence-electron chi connectivity index (χ2n) is 5.60. The van der Waals surface area contributed by atoms with Gasteiger partial charge in [0.1, 0.15) is 0 Å². The Balaban J connectivity index is 1.89. The summed E-state index contributed by atoms with van der Waals surface area (Å²) in [5, 5.41) is 3.41. The van der Waals surface area contributed by atoms with E-state index in [-0.39, 0.29) is 0 Å². The molecule has 1 N–H and O–H groups in total. The molecule has 1 aromatic rings. The molecule has 1 aliphatic rings. The van der Waals surface area contributed by atoms with Gasteiger partial charge in [0.25, 0.3) is 0 Å². The Labute approximate surface area is 110 Å². The number of aromatic nitrogens is 2. The minimum absolute atomic E-state index is 0.579. The lowest BCUT2D eigenvalue weighted by Gasteiger charge is -2.21. The molecule has 4 heteroatoms. The van der Waals surface area contributed by atoms with Gasteiger partial charge in [-0.1, -0.05) is 13.8 Å². The van der Waals surface area contributed by atoms with Crippen LogP contribution in [0.1, 0.15) is 39.2 Å². The molecule has 0 radical (unpaired) electrons. The molecule has 1 fully saturated rings. The van der Waals surface area contributed by atoms with Crippen LogP contribution in [-0.2, 0) is 6.54 Å². The van der Waals surface area contributed by atoms with Crippen LogP contribution in [0.4, 0.5) is 5.95 Å². The van der Waals surface area contributed by atoms with Gasteiger partial charge in [-0.25, -0.2) is 9.97 Å². The van der Waals surface area contributed by atoms with Gasteiger partial charge in [-0.15, -0.1) is 0 Å². The summed E-state index contributed by atoms with van der Waals surface area (Å²) in [7, 11) is 0. The lowest BCUT2D eigenvalue weighted by molar-refractivity contribution is 0.551. The first-order chi connectivity index (χ1) is 8.66. The summed E-state index contributed by atoms with van der Waals surface area (Å²) in [6.45, 7) is 9.64. The summed E-state index contributed by atoms with van der Waals surface area (Å²) in [5.41, 5.74) is 1.16. The highest BCUT2D eigenvalue weighted by Crippen LogP contribution is 2.21. The Morgan fingerprint density at radius 1 is 1.39 bits per heavy atom. The molecule has 0 spiro atoms. The van der Waals surface area contributed by atoms with E-state index in [1.807, 2.05) is 12.4 Å². The van der Waals surface area contributed by atoms with E-state index in [4.69, 9.17) is 0 Å². The maximum Gasteiger partial charge on any atom is 0.225 e. The molecule has 2 heterocycles. The third kappa shape index (κ3) is 3.42. The Bertz CT molecular complexity index is 361. The highest BCUT2D eigenvalue weighted by Gasteiger charge is 2.22. The summed E-state index contributed by atoms with van der Waals surface area (Å²) >= 11 is 0. The monoisotopic (exact) mass is 248 g/mol. The predicted molar refractivity (Wildman–Crippen MR) is 74.6 cm³/mol. The number of nitrogens with zero attached hydrogens (tertiary/aromatic N) is 3. The molecule has 1 aromatic heterocycles. The number of hydrogen-bond donors (Lipinski definition) is 1. The van der Waals surface area contributed by atoms with Gasteiger partial charge in [0.15, 0.2) is 0 Å². The van der Waals surface area contributed by atoms with Crippen molar-refractivity contribution in [3.8, 4) is 0 Å². The zero-order valence-corrected chi connectivity index (χ0v) is 11.7. The number of hydrogen-bond acceptors (Lipinski definition) is 4. The van der Waals surface area contributed by atoms with E-state index in [2.05, 4.69) is 41.0 Å². The van der Waals surface area contributed by atoms with Gasteiger partial charge in [0.05, 0.1) is 0 Å². The number of anilines is 1. The van der Waals surface area contributed by atoms with Crippen molar-refractivity contribution in [2.45, 2.75) is 46.2 Å². The van der Waals surface area contributed by atoms with E-state index in [1.165, 1.54) is 12.8 Å². The van der Waals surface area contributed by atoms with Gasteiger partial charge in [0, 0.05) is 37.1 Å². The predicted octanol–water partition coefficient (Wildman–Crippen LogP) is 2.21. The van der Waals surface area contributed by atoms with Gasteiger partial charge in [0.2, 0.25) is 5.95 Å². The minimum Gasteiger partial charge on any atom is -0.338 e. The molecule has 0 aromatic carbocycles. The Morgan fingerprint density at radius 2 is 2.11 bits per heavy atom. The molecule has 4 nitrogen and oxygen atoms in total. The first-order valence-corrected chi connectivity index (χ1v) is 6.95. The van der Waals surface area contributed by atoms with Gasteiger partial charge in [-0.2, -0.15) is 0 Å². The maximum absolute atomic E-state index is 4.48. The van der Waals surface area contributed by atoms with Gasteiger partial charge in [-0.05, 0) is 32.2 Å². The lowest BCUT2D eigenvalue weighted by atomic mass is 10.2. The molecule has 0 amide bonds. The first kappa shape index (κ1) is 13.3. The molecule has 0 saturated carbocycles. The van der Waals surface area contributed by atoms with E-state index in [1.54, 1.807) is 0 Å². The summed E-state index contributed by atoms with van der Waals surface area (Å²) < 4.78 is 0. The van der Waals surface area contributed by atoms with Crippen LogP contribution in [0, 0.1) is 5.92 Å². The molecule has 0 bridgehead atoms. The van der Waals surface area contributed by atoms with Gasteiger partial charge in [-0.3, -0.25) is 0 Å². The molecule has 2 rings (SSSR count). The molecule has 1 unspecified atom stereocenters. The molecule has 1 saturated heterocycles. The molecule has 100 valence electrons. The maximum atomic E-state index is 4.48.